The van der Waals surface area contributed by atoms with Crippen LogP contribution in [0.4, 0.5) is 11.5 Å². The summed E-state index contributed by atoms with van der Waals surface area (Å²) in [5, 5.41) is 12.6. The van der Waals surface area contributed by atoms with Gasteiger partial charge in [0.1, 0.15) is 23.1 Å². The summed E-state index contributed by atoms with van der Waals surface area (Å²) in [6.45, 7) is 3.08. The first kappa shape index (κ1) is 23.8. The monoisotopic (exact) mass is 490 g/mol. The van der Waals surface area contributed by atoms with Gasteiger partial charge in [0.25, 0.3) is 11.5 Å². The van der Waals surface area contributed by atoms with Gasteiger partial charge in [-0.05, 0) is 35.9 Å². The molecule has 1 fully saturated rings. The van der Waals surface area contributed by atoms with Crippen molar-refractivity contribution in [3.8, 4) is 6.07 Å². The van der Waals surface area contributed by atoms with E-state index in [1.807, 2.05) is 60.7 Å². The Hall–Kier alpha value is -4.90. The van der Waals surface area contributed by atoms with Gasteiger partial charge in [-0.2, -0.15) is 5.26 Å². The molecular weight excluding hydrogens is 464 g/mol. The normalized spacial score (nSPS) is 13.9. The molecule has 37 heavy (non-hydrogen) atoms. The molecule has 0 radical (unpaired) electrons. The highest BCUT2D eigenvalue weighted by Gasteiger charge is 2.23. The Kier molecular flexibility index (Phi) is 6.95. The van der Waals surface area contributed by atoms with E-state index in [0.29, 0.717) is 24.6 Å². The van der Waals surface area contributed by atoms with Crippen molar-refractivity contribution in [2.75, 3.05) is 36.0 Å². The van der Waals surface area contributed by atoms with Crippen LogP contribution in [0.25, 0.3) is 11.7 Å². The second-order valence-corrected chi connectivity index (χ2v) is 8.73. The third kappa shape index (κ3) is 5.21. The van der Waals surface area contributed by atoms with Crippen LogP contribution in [-0.4, -0.2) is 41.5 Å². The lowest BCUT2D eigenvalue weighted by Crippen LogP contribution is -2.47. The van der Waals surface area contributed by atoms with Crippen LogP contribution < -0.4 is 20.7 Å². The van der Waals surface area contributed by atoms with Crippen molar-refractivity contribution in [2.24, 2.45) is 0 Å². The van der Waals surface area contributed by atoms with Crippen LogP contribution in [0.3, 0.4) is 0 Å². The topological polar surface area (TPSA) is 93.7 Å². The van der Waals surface area contributed by atoms with Gasteiger partial charge >= 0.3 is 0 Å². The number of piperazine rings is 1. The molecule has 3 heterocycles. The summed E-state index contributed by atoms with van der Waals surface area (Å²) in [5.74, 6) is -0.0590. The second kappa shape index (κ2) is 10.8. The van der Waals surface area contributed by atoms with E-state index < -0.39 is 5.91 Å². The average molecular weight is 491 g/mol. The quantitative estimate of drug-likeness (QED) is 0.330. The first-order valence-corrected chi connectivity index (χ1v) is 12.1. The number of anilines is 2. The standard InChI is InChI=1S/C29H26N6O2/c30-20-23(28(36)31-21-22-9-3-1-4-10-22)19-25-27(32-26-13-7-8-14-35(26)29(25)37)34-17-15-33(16-18-34)24-11-5-2-6-12-24/h1-14,19H,15-18,21H2,(H,31,36)/b23-19+. The third-order valence-electron chi connectivity index (χ3n) is 6.40. The molecule has 0 saturated carbocycles. The largest absolute Gasteiger partial charge is 0.368 e. The van der Waals surface area contributed by atoms with E-state index in [1.165, 1.54) is 10.5 Å². The zero-order valence-corrected chi connectivity index (χ0v) is 20.2. The summed E-state index contributed by atoms with van der Waals surface area (Å²) < 4.78 is 1.44. The van der Waals surface area contributed by atoms with Crippen LogP contribution >= 0.6 is 0 Å². The number of hydrogen-bond donors (Lipinski definition) is 1. The summed E-state index contributed by atoms with van der Waals surface area (Å²) in [6, 6.07) is 27.0. The SMILES string of the molecule is N#C/C(=C\c1c(N2CCN(c3ccccc3)CC2)nc2ccccn2c1=O)C(=O)NCc1ccccc1. The van der Waals surface area contributed by atoms with Crippen LogP contribution in [0, 0.1) is 11.3 Å². The van der Waals surface area contributed by atoms with E-state index >= 15 is 0 Å². The molecule has 0 aliphatic carbocycles. The highest BCUT2D eigenvalue weighted by molar-refractivity contribution is 6.02. The van der Waals surface area contributed by atoms with Crippen molar-refractivity contribution in [3.63, 3.8) is 0 Å². The predicted octanol–water partition coefficient (Wildman–Crippen LogP) is 3.24. The smallest absolute Gasteiger partial charge is 0.267 e. The number of nitriles is 1. The Morgan fingerprint density at radius 1 is 0.919 bits per heavy atom. The highest BCUT2D eigenvalue weighted by atomic mass is 16.1. The molecule has 0 atom stereocenters. The van der Waals surface area contributed by atoms with Gasteiger partial charge in [0.2, 0.25) is 0 Å². The molecule has 8 heteroatoms. The van der Waals surface area contributed by atoms with Gasteiger partial charge in [-0.1, -0.05) is 54.6 Å². The molecule has 184 valence electrons. The molecule has 2 aromatic carbocycles. The number of carbonyl (C=O) groups is 1. The number of nitrogens with zero attached hydrogens (tertiary/aromatic N) is 5. The number of benzene rings is 2. The van der Waals surface area contributed by atoms with Crippen molar-refractivity contribution in [2.45, 2.75) is 6.54 Å². The van der Waals surface area contributed by atoms with Crippen molar-refractivity contribution < 1.29 is 4.79 Å². The maximum absolute atomic E-state index is 13.5. The van der Waals surface area contributed by atoms with E-state index in [2.05, 4.69) is 27.2 Å². The Bertz CT molecular complexity index is 1530. The van der Waals surface area contributed by atoms with Gasteiger partial charge in [-0.3, -0.25) is 14.0 Å². The fraction of sp³-hybridized carbons (Fsp3) is 0.172. The second-order valence-electron chi connectivity index (χ2n) is 8.73. The molecule has 2 aromatic heterocycles. The molecule has 1 aliphatic heterocycles. The van der Waals surface area contributed by atoms with Crippen molar-refractivity contribution in [1.82, 2.24) is 14.7 Å². The molecular formula is C29H26N6O2. The Balaban J connectivity index is 1.46. The maximum atomic E-state index is 13.5. The fourth-order valence-electron chi connectivity index (χ4n) is 4.44. The van der Waals surface area contributed by atoms with Crippen LogP contribution in [0.15, 0.2) is 95.4 Å². The average Bonchev–Trinajstić information content (AvgIpc) is 2.96. The summed E-state index contributed by atoms with van der Waals surface area (Å²) in [4.78, 5) is 35.5. The third-order valence-corrected chi connectivity index (χ3v) is 6.40. The minimum Gasteiger partial charge on any atom is -0.368 e. The number of para-hydroxylation sites is 1. The molecule has 0 bridgehead atoms. The molecule has 8 nitrogen and oxygen atoms in total. The van der Waals surface area contributed by atoms with Gasteiger partial charge in [-0.25, -0.2) is 4.98 Å². The lowest BCUT2D eigenvalue weighted by atomic mass is 10.1. The minimum absolute atomic E-state index is 0.144. The summed E-state index contributed by atoms with van der Waals surface area (Å²) >= 11 is 0. The first-order valence-electron chi connectivity index (χ1n) is 12.1. The highest BCUT2D eigenvalue weighted by Crippen LogP contribution is 2.23. The lowest BCUT2D eigenvalue weighted by molar-refractivity contribution is -0.117. The van der Waals surface area contributed by atoms with Gasteiger partial charge < -0.3 is 15.1 Å². The first-order chi connectivity index (χ1) is 18.1. The molecule has 1 aliphatic rings. The number of rotatable bonds is 6. The van der Waals surface area contributed by atoms with Crippen molar-refractivity contribution in [1.29, 1.82) is 5.26 Å². The van der Waals surface area contributed by atoms with Crippen molar-refractivity contribution >= 4 is 29.1 Å². The molecule has 1 N–H and O–H groups in total. The summed E-state index contributed by atoms with van der Waals surface area (Å²) in [6.07, 6.45) is 3.01. The number of fused-ring (bicyclic) bond motifs is 1. The van der Waals surface area contributed by atoms with E-state index in [0.717, 1.165) is 24.3 Å². The predicted molar refractivity (Wildman–Crippen MR) is 144 cm³/mol. The maximum Gasteiger partial charge on any atom is 0.267 e. The Labute approximate surface area is 214 Å². The molecule has 1 saturated heterocycles. The van der Waals surface area contributed by atoms with Gasteiger partial charge in [0.05, 0.1) is 5.56 Å². The number of carbonyl (C=O) groups excluding carboxylic acids is 1. The molecule has 1 amide bonds. The molecule has 0 unspecified atom stereocenters. The van der Waals surface area contributed by atoms with Crippen LogP contribution in [-0.2, 0) is 11.3 Å². The molecule has 4 aromatic rings. The van der Waals surface area contributed by atoms with Gasteiger partial charge in [-0.15, -0.1) is 0 Å². The van der Waals surface area contributed by atoms with Gasteiger partial charge in [0, 0.05) is 44.6 Å². The molecule has 5 rings (SSSR count). The van der Waals surface area contributed by atoms with Crippen LogP contribution in [0.2, 0.25) is 0 Å². The van der Waals surface area contributed by atoms with E-state index in [-0.39, 0.29) is 23.2 Å². The van der Waals surface area contributed by atoms with Gasteiger partial charge in [0.15, 0.2) is 0 Å². The number of hydrogen-bond acceptors (Lipinski definition) is 6. The van der Waals surface area contributed by atoms with E-state index in [1.54, 1.807) is 18.3 Å². The summed E-state index contributed by atoms with van der Waals surface area (Å²) in [5.41, 5.74) is 2.33. The number of amides is 1. The number of nitrogens with one attached hydrogen (secondary N) is 1. The summed E-state index contributed by atoms with van der Waals surface area (Å²) in [7, 11) is 0. The lowest BCUT2D eigenvalue weighted by Gasteiger charge is -2.37. The number of pyridine rings is 1. The van der Waals surface area contributed by atoms with Crippen LogP contribution in [0.5, 0.6) is 0 Å². The Morgan fingerprint density at radius 3 is 2.27 bits per heavy atom. The van der Waals surface area contributed by atoms with E-state index in [9.17, 15) is 14.9 Å². The zero-order chi connectivity index (χ0) is 25.6. The van der Waals surface area contributed by atoms with E-state index in [4.69, 9.17) is 4.98 Å². The fourth-order valence-corrected chi connectivity index (χ4v) is 4.44. The zero-order valence-electron chi connectivity index (χ0n) is 20.2. The Morgan fingerprint density at radius 2 is 1.57 bits per heavy atom. The van der Waals surface area contributed by atoms with Crippen LogP contribution in [0.1, 0.15) is 11.1 Å². The minimum atomic E-state index is -0.538. The number of aromatic nitrogens is 2. The van der Waals surface area contributed by atoms with Crippen molar-refractivity contribution in [3.05, 3.63) is 112 Å². The molecule has 0 spiro atoms.